The molecule has 1 aromatic heterocycles. The summed E-state index contributed by atoms with van der Waals surface area (Å²) < 4.78 is 25.3. The molecule has 9 heteroatoms. The van der Waals surface area contributed by atoms with E-state index in [4.69, 9.17) is 0 Å². The molecule has 2 saturated heterocycles. The van der Waals surface area contributed by atoms with E-state index < -0.39 is 9.84 Å². The third kappa shape index (κ3) is 5.89. The minimum Gasteiger partial charge on any atom is -0.334 e. The SMILES string of the molecule is Cc1cc(NC(=O)NCc2ccc(CN3CCCC(C)C3)cc2)n(C2CCS(=O)(=O)C2)n1. The number of nitrogens with zero attached hydrogens (tertiary/aromatic N) is 3. The lowest BCUT2D eigenvalue weighted by Crippen LogP contribution is -2.33. The van der Waals surface area contributed by atoms with E-state index in [1.807, 2.05) is 6.92 Å². The molecule has 2 aliphatic heterocycles. The van der Waals surface area contributed by atoms with Crippen LogP contribution in [0.5, 0.6) is 0 Å². The van der Waals surface area contributed by atoms with Crippen LogP contribution in [0.25, 0.3) is 0 Å². The molecular weight excluding hydrogens is 426 g/mol. The van der Waals surface area contributed by atoms with Gasteiger partial charge in [-0.05, 0) is 49.8 Å². The zero-order valence-electron chi connectivity index (χ0n) is 18.9. The molecule has 2 amide bonds. The van der Waals surface area contributed by atoms with Gasteiger partial charge in [0, 0.05) is 25.7 Å². The van der Waals surface area contributed by atoms with Crippen molar-refractivity contribution in [1.82, 2.24) is 20.0 Å². The van der Waals surface area contributed by atoms with Crippen LogP contribution in [0.4, 0.5) is 10.6 Å². The van der Waals surface area contributed by atoms with E-state index in [-0.39, 0.29) is 23.6 Å². The average Bonchev–Trinajstić information content (AvgIpc) is 3.28. The highest BCUT2D eigenvalue weighted by Gasteiger charge is 2.31. The molecule has 0 aliphatic carbocycles. The third-order valence-corrected chi connectivity index (χ3v) is 8.03. The average molecular weight is 460 g/mol. The second kappa shape index (κ2) is 9.62. The van der Waals surface area contributed by atoms with Crippen molar-refractivity contribution in [2.24, 2.45) is 5.92 Å². The number of urea groups is 1. The third-order valence-electron chi connectivity index (χ3n) is 6.28. The number of nitrogens with one attached hydrogen (secondary N) is 2. The molecule has 2 aromatic rings. The molecule has 0 bridgehead atoms. The Bertz CT molecular complexity index is 1050. The molecule has 1 aromatic carbocycles. The zero-order valence-corrected chi connectivity index (χ0v) is 19.7. The van der Waals surface area contributed by atoms with Gasteiger partial charge < -0.3 is 5.32 Å². The Labute approximate surface area is 190 Å². The first-order valence-electron chi connectivity index (χ1n) is 11.4. The van der Waals surface area contributed by atoms with Crippen molar-refractivity contribution in [2.45, 2.75) is 52.2 Å². The summed E-state index contributed by atoms with van der Waals surface area (Å²) in [6.07, 6.45) is 3.11. The lowest BCUT2D eigenvalue weighted by atomic mass is 9.99. The summed E-state index contributed by atoms with van der Waals surface area (Å²) in [5.74, 6) is 1.51. The quantitative estimate of drug-likeness (QED) is 0.692. The van der Waals surface area contributed by atoms with Crippen LogP contribution in [-0.2, 0) is 22.9 Å². The van der Waals surface area contributed by atoms with Gasteiger partial charge in [0.1, 0.15) is 5.82 Å². The maximum atomic E-state index is 12.5. The number of carbonyl (C=O) groups excluding carboxylic acids is 1. The molecule has 4 rings (SSSR count). The molecule has 174 valence electrons. The number of piperidine rings is 1. The van der Waals surface area contributed by atoms with E-state index in [9.17, 15) is 13.2 Å². The Morgan fingerprint density at radius 1 is 1.19 bits per heavy atom. The van der Waals surface area contributed by atoms with E-state index in [1.54, 1.807) is 10.7 Å². The van der Waals surface area contributed by atoms with Gasteiger partial charge in [-0.25, -0.2) is 17.9 Å². The van der Waals surface area contributed by atoms with Gasteiger partial charge in [-0.1, -0.05) is 31.2 Å². The number of aromatic nitrogens is 2. The highest BCUT2D eigenvalue weighted by atomic mass is 32.2. The number of rotatable bonds is 6. The zero-order chi connectivity index (χ0) is 22.7. The van der Waals surface area contributed by atoms with E-state index >= 15 is 0 Å². The summed E-state index contributed by atoms with van der Waals surface area (Å²) in [5.41, 5.74) is 3.06. The number of amides is 2. The fraction of sp³-hybridized carbons (Fsp3) is 0.565. The number of sulfone groups is 1. The first-order valence-corrected chi connectivity index (χ1v) is 13.2. The molecule has 2 unspecified atom stereocenters. The normalized spacial score (nSPS) is 23.2. The summed E-state index contributed by atoms with van der Waals surface area (Å²) in [4.78, 5) is 15.0. The second-order valence-corrected chi connectivity index (χ2v) is 11.5. The van der Waals surface area contributed by atoms with Gasteiger partial charge in [0.2, 0.25) is 0 Å². The van der Waals surface area contributed by atoms with Crippen LogP contribution in [-0.4, -0.2) is 53.7 Å². The van der Waals surface area contributed by atoms with Crippen LogP contribution in [0.1, 0.15) is 49.0 Å². The summed E-state index contributed by atoms with van der Waals surface area (Å²) in [6.45, 7) is 7.85. The fourth-order valence-corrected chi connectivity index (χ4v) is 6.34. The molecule has 8 nitrogen and oxygen atoms in total. The number of benzene rings is 1. The number of hydrogen-bond acceptors (Lipinski definition) is 5. The molecule has 2 aliphatic rings. The number of hydrogen-bond donors (Lipinski definition) is 2. The predicted molar refractivity (Wildman–Crippen MR) is 125 cm³/mol. The number of likely N-dealkylation sites (tertiary alicyclic amines) is 1. The number of carbonyl (C=O) groups is 1. The molecule has 2 N–H and O–H groups in total. The van der Waals surface area contributed by atoms with E-state index in [0.717, 1.165) is 36.8 Å². The van der Waals surface area contributed by atoms with Crippen LogP contribution < -0.4 is 10.6 Å². The standard InChI is InChI=1S/C23H33N5O3S/c1-17-4-3-10-27(14-17)15-20-7-5-19(6-8-20)13-24-23(29)25-22-12-18(2)26-28(22)21-9-11-32(30,31)16-21/h5-8,12,17,21H,3-4,9-11,13-16H2,1-2H3,(H2,24,25,29). The summed E-state index contributed by atoms with van der Waals surface area (Å²) in [5, 5.41) is 10.1. The summed E-state index contributed by atoms with van der Waals surface area (Å²) in [6, 6.07) is 9.57. The van der Waals surface area contributed by atoms with Crippen molar-refractivity contribution in [2.75, 3.05) is 29.9 Å². The van der Waals surface area contributed by atoms with Crippen molar-refractivity contribution in [3.8, 4) is 0 Å². The smallest absolute Gasteiger partial charge is 0.320 e. The van der Waals surface area contributed by atoms with Crippen LogP contribution in [0.3, 0.4) is 0 Å². The maximum absolute atomic E-state index is 12.5. The molecule has 32 heavy (non-hydrogen) atoms. The Morgan fingerprint density at radius 2 is 1.94 bits per heavy atom. The van der Waals surface area contributed by atoms with Crippen molar-refractivity contribution in [1.29, 1.82) is 0 Å². The lowest BCUT2D eigenvalue weighted by molar-refractivity contribution is 0.176. The molecule has 2 atom stereocenters. The minimum absolute atomic E-state index is 0.0626. The van der Waals surface area contributed by atoms with E-state index in [2.05, 4.69) is 51.8 Å². The molecule has 2 fully saturated rings. The van der Waals surface area contributed by atoms with Gasteiger partial charge in [0.05, 0.1) is 23.2 Å². The van der Waals surface area contributed by atoms with Gasteiger partial charge in [0.15, 0.2) is 9.84 Å². The molecule has 0 radical (unpaired) electrons. The Balaban J connectivity index is 1.29. The van der Waals surface area contributed by atoms with E-state index in [0.29, 0.717) is 18.8 Å². The van der Waals surface area contributed by atoms with Gasteiger partial charge in [0.25, 0.3) is 0 Å². The fourth-order valence-electron chi connectivity index (χ4n) is 4.65. The minimum atomic E-state index is -3.03. The van der Waals surface area contributed by atoms with Crippen molar-refractivity contribution < 1.29 is 13.2 Å². The topological polar surface area (TPSA) is 96.3 Å². The lowest BCUT2D eigenvalue weighted by Gasteiger charge is -2.30. The van der Waals surface area contributed by atoms with Crippen LogP contribution in [0.15, 0.2) is 30.3 Å². The number of aryl methyl sites for hydroxylation is 1. The first kappa shape index (κ1) is 22.8. The van der Waals surface area contributed by atoms with Gasteiger partial charge in [-0.15, -0.1) is 0 Å². The molecular formula is C23H33N5O3S. The van der Waals surface area contributed by atoms with Crippen molar-refractivity contribution in [3.63, 3.8) is 0 Å². The highest BCUT2D eigenvalue weighted by molar-refractivity contribution is 7.91. The molecule has 3 heterocycles. The van der Waals surface area contributed by atoms with Crippen molar-refractivity contribution in [3.05, 3.63) is 47.2 Å². The number of anilines is 1. The van der Waals surface area contributed by atoms with Crippen LogP contribution in [0.2, 0.25) is 0 Å². The van der Waals surface area contributed by atoms with Crippen LogP contribution >= 0.6 is 0 Å². The van der Waals surface area contributed by atoms with Gasteiger partial charge in [-0.3, -0.25) is 10.2 Å². The highest BCUT2D eigenvalue weighted by Crippen LogP contribution is 2.27. The molecule has 0 saturated carbocycles. The maximum Gasteiger partial charge on any atom is 0.320 e. The van der Waals surface area contributed by atoms with E-state index in [1.165, 1.54) is 18.4 Å². The monoisotopic (exact) mass is 459 g/mol. The Morgan fingerprint density at radius 3 is 2.62 bits per heavy atom. The van der Waals surface area contributed by atoms with Gasteiger partial charge >= 0.3 is 6.03 Å². The summed E-state index contributed by atoms with van der Waals surface area (Å²) in [7, 11) is -3.03. The second-order valence-electron chi connectivity index (χ2n) is 9.28. The van der Waals surface area contributed by atoms with Crippen LogP contribution in [0, 0.1) is 12.8 Å². The van der Waals surface area contributed by atoms with Gasteiger partial charge in [-0.2, -0.15) is 5.10 Å². The predicted octanol–water partition coefficient (Wildman–Crippen LogP) is 3.10. The molecule has 0 spiro atoms. The summed E-state index contributed by atoms with van der Waals surface area (Å²) >= 11 is 0. The largest absolute Gasteiger partial charge is 0.334 e. The van der Waals surface area contributed by atoms with Crippen molar-refractivity contribution >= 4 is 21.7 Å². The first-order chi connectivity index (χ1) is 15.3. The Kier molecular flexibility index (Phi) is 6.85. The Hall–Kier alpha value is -2.39.